The predicted octanol–water partition coefficient (Wildman–Crippen LogP) is 1.84. The molecular formula is C16H26N4O2. The number of rotatable bonds is 8. The fourth-order valence-electron chi connectivity index (χ4n) is 2.81. The van der Waals surface area contributed by atoms with Crippen LogP contribution in [0.15, 0.2) is 18.2 Å². The second-order valence-electron chi connectivity index (χ2n) is 6.04. The summed E-state index contributed by atoms with van der Waals surface area (Å²) in [6, 6.07) is 5.23. The van der Waals surface area contributed by atoms with Crippen molar-refractivity contribution in [2.45, 2.75) is 13.3 Å². The first-order valence-electron chi connectivity index (χ1n) is 7.90. The van der Waals surface area contributed by atoms with Crippen LogP contribution in [0.25, 0.3) is 0 Å². The van der Waals surface area contributed by atoms with Gasteiger partial charge in [0.1, 0.15) is 0 Å². The van der Waals surface area contributed by atoms with Crippen LogP contribution in [0.3, 0.4) is 0 Å². The summed E-state index contributed by atoms with van der Waals surface area (Å²) in [6.45, 7) is 8.20. The van der Waals surface area contributed by atoms with Crippen LogP contribution in [0.5, 0.6) is 0 Å². The summed E-state index contributed by atoms with van der Waals surface area (Å²) in [5.74, 6) is 0. The second-order valence-corrected chi connectivity index (χ2v) is 6.04. The largest absolute Gasteiger partial charge is 0.369 e. The van der Waals surface area contributed by atoms with Gasteiger partial charge < -0.3 is 14.7 Å². The molecule has 0 amide bonds. The van der Waals surface area contributed by atoms with Gasteiger partial charge in [-0.05, 0) is 32.6 Å². The summed E-state index contributed by atoms with van der Waals surface area (Å²) >= 11 is 0. The molecule has 0 bridgehead atoms. The fraction of sp³-hybridized carbons (Fsp3) is 0.625. The van der Waals surface area contributed by atoms with Crippen molar-refractivity contribution in [3.8, 4) is 0 Å². The SMILES string of the molecule is CCN(CCN(C)C)CCN1CCc2ccc([N+](=O)[O-])cc21. The van der Waals surface area contributed by atoms with Gasteiger partial charge in [0.25, 0.3) is 5.69 Å². The number of nitrogens with zero attached hydrogens (tertiary/aromatic N) is 4. The van der Waals surface area contributed by atoms with Crippen LogP contribution in [-0.4, -0.2) is 68.1 Å². The highest BCUT2D eigenvalue weighted by atomic mass is 16.6. The van der Waals surface area contributed by atoms with E-state index in [4.69, 9.17) is 0 Å². The Bertz CT molecular complexity index is 519. The average Bonchev–Trinajstić information content (AvgIpc) is 2.89. The number of fused-ring (bicyclic) bond motifs is 1. The fourth-order valence-corrected chi connectivity index (χ4v) is 2.81. The first-order valence-corrected chi connectivity index (χ1v) is 7.90. The molecular weight excluding hydrogens is 280 g/mol. The van der Waals surface area contributed by atoms with Gasteiger partial charge in [-0.3, -0.25) is 10.1 Å². The lowest BCUT2D eigenvalue weighted by Gasteiger charge is -2.26. The Morgan fingerprint density at radius 3 is 2.68 bits per heavy atom. The Balaban J connectivity index is 1.95. The van der Waals surface area contributed by atoms with Gasteiger partial charge >= 0.3 is 0 Å². The van der Waals surface area contributed by atoms with Crippen LogP contribution < -0.4 is 4.90 Å². The zero-order valence-electron chi connectivity index (χ0n) is 13.8. The number of non-ortho nitro benzene ring substituents is 1. The van der Waals surface area contributed by atoms with Crippen LogP contribution in [0.4, 0.5) is 11.4 Å². The molecule has 1 aromatic rings. The van der Waals surface area contributed by atoms with Crippen LogP contribution in [0, 0.1) is 10.1 Å². The van der Waals surface area contributed by atoms with E-state index in [9.17, 15) is 10.1 Å². The lowest BCUT2D eigenvalue weighted by atomic mass is 10.1. The Morgan fingerprint density at radius 1 is 1.27 bits per heavy atom. The van der Waals surface area contributed by atoms with E-state index in [-0.39, 0.29) is 10.6 Å². The van der Waals surface area contributed by atoms with Crippen molar-refractivity contribution in [3.05, 3.63) is 33.9 Å². The van der Waals surface area contributed by atoms with Gasteiger partial charge in [0.15, 0.2) is 0 Å². The number of anilines is 1. The maximum absolute atomic E-state index is 10.9. The second kappa shape index (κ2) is 7.56. The van der Waals surface area contributed by atoms with Crippen molar-refractivity contribution in [2.75, 3.05) is 58.3 Å². The summed E-state index contributed by atoms with van der Waals surface area (Å²) in [7, 11) is 4.17. The van der Waals surface area contributed by atoms with Crippen LogP contribution in [-0.2, 0) is 6.42 Å². The van der Waals surface area contributed by atoms with Crippen LogP contribution >= 0.6 is 0 Å². The third-order valence-electron chi connectivity index (χ3n) is 4.27. The highest BCUT2D eigenvalue weighted by molar-refractivity contribution is 5.62. The molecule has 22 heavy (non-hydrogen) atoms. The van der Waals surface area contributed by atoms with Gasteiger partial charge in [0.2, 0.25) is 0 Å². The van der Waals surface area contributed by atoms with E-state index in [1.807, 2.05) is 6.07 Å². The first-order chi connectivity index (χ1) is 10.5. The molecule has 1 aromatic carbocycles. The van der Waals surface area contributed by atoms with Crippen molar-refractivity contribution >= 4 is 11.4 Å². The highest BCUT2D eigenvalue weighted by Gasteiger charge is 2.22. The molecule has 0 N–H and O–H groups in total. The number of hydrogen-bond acceptors (Lipinski definition) is 5. The van der Waals surface area contributed by atoms with Crippen molar-refractivity contribution < 1.29 is 4.92 Å². The smallest absolute Gasteiger partial charge is 0.271 e. The molecule has 6 heteroatoms. The highest BCUT2D eigenvalue weighted by Crippen LogP contribution is 2.31. The molecule has 0 atom stereocenters. The van der Waals surface area contributed by atoms with E-state index in [0.29, 0.717) is 0 Å². The van der Waals surface area contributed by atoms with E-state index in [2.05, 4.69) is 35.7 Å². The Hall–Kier alpha value is -1.66. The number of benzene rings is 1. The van der Waals surface area contributed by atoms with E-state index >= 15 is 0 Å². The lowest BCUT2D eigenvalue weighted by Crippen LogP contribution is -2.37. The van der Waals surface area contributed by atoms with Gasteiger partial charge in [-0.1, -0.05) is 13.0 Å². The zero-order valence-corrected chi connectivity index (χ0v) is 13.8. The Kier molecular flexibility index (Phi) is 5.74. The van der Waals surface area contributed by atoms with Crippen molar-refractivity contribution in [2.24, 2.45) is 0 Å². The van der Waals surface area contributed by atoms with E-state index in [1.165, 1.54) is 5.56 Å². The maximum Gasteiger partial charge on any atom is 0.271 e. The monoisotopic (exact) mass is 306 g/mol. The third kappa shape index (κ3) is 4.18. The molecule has 122 valence electrons. The van der Waals surface area contributed by atoms with Crippen molar-refractivity contribution in [1.29, 1.82) is 0 Å². The molecule has 0 saturated heterocycles. The zero-order chi connectivity index (χ0) is 16.1. The Morgan fingerprint density at radius 2 is 2.05 bits per heavy atom. The minimum Gasteiger partial charge on any atom is -0.369 e. The van der Waals surface area contributed by atoms with E-state index < -0.39 is 0 Å². The summed E-state index contributed by atoms with van der Waals surface area (Å²) in [5.41, 5.74) is 2.45. The van der Waals surface area contributed by atoms with E-state index in [1.54, 1.807) is 12.1 Å². The Labute approximate surface area is 132 Å². The number of nitro groups is 1. The number of nitro benzene ring substituents is 1. The molecule has 0 radical (unpaired) electrons. The van der Waals surface area contributed by atoms with Crippen LogP contribution in [0.1, 0.15) is 12.5 Å². The van der Waals surface area contributed by atoms with Gasteiger partial charge in [-0.25, -0.2) is 0 Å². The first kappa shape index (κ1) is 16.7. The molecule has 0 unspecified atom stereocenters. The van der Waals surface area contributed by atoms with Crippen molar-refractivity contribution in [3.63, 3.8) is 0 Å². The average molecular weight is 306 g/mol. The molecule has 2 rings (SSSR count). The number of hydrogen-bond donors (Lipinski definition) is 0. The molecule has 1 heterocycles. The molecule has 0 spiro atoms. The molecule has 0 aliphatic carbocycles. The molecule has 0 aromatic heterocycles. The molecule has 0 saturated carbocycles. The normalized spacial score (nSPS) is 14.0. The quantitative estimate of drug-likeness (QED) is 0.542. The molecule has 0 fully saturated rings. The minimum absolute atomic E-state index is 0.186. The molecule has 1 aliphatic rings. The lowest BCUT2D eigenvalue weighted by molar-refractivity contribution is -0.384. The maximum atomic E-state index is 10.9. The van der Waals surface area contributed by atoms with Gasteiger partial charge in [-0.15, -0.1) is 0 Å². The molecule has 6 nitrogen and oxygen atoms in total. The van der Waals surface area contributed by atoms with Crippen molar-refractivity contribution in [1.82, 2.24) is 9.80 Å². The van der Waals surface area contributed by atoms with Gasteiger partial charge in [-0.2, -0.15) is 0 Å². The summed E-state index contributed by atoms with van der Waals surface area (Å²) in [4.78, 5) is 17.5. The third-order valence-corrected chi connectivity index (χ3v) is 4.27. The minimum atomic E-state index is -0.313. The predicted molar refractivity (Wildman–Crippen MR) is 89.7 cm³/mol. The topological polar surface area (TPSA) is 52.9 Å². The van der Waals surface area contributed by atoms with Gasteiger partial charge in [0, 0.05) is 50.5 Å². The van der Waals surface area contributed by atoms with Gasteiger partial charge in [0.05, 0.1) is 4.92 Å². The summed E-state index contributed by atoms with van der Waals surface area (Å²) < 4.78 is 0. The standard InChI is InChI=1S/C16H26N4O2/c1-4-18(10-9-17(2)3)11-12-19-8-7-14-5-6-15(20(21)22)13-16(14)19/h5-6,13H,4,7-12H2,1-3H3. The van der Waals surface area contributed by atoms with Crippen LogP contribution in [0.2, 0.25) is 0 Å². The summed E-state index contributed by atoms with van der Waals surface area (Å²) in [5, 5.41) is 10.9. The molecule has 1 aliphatic heterocycles. The summed E-state index contributed by atoms with van der Waals surface area (Å²) in [6.07, 6.45) is 0.983. The number of likely N-dealkylation sites (N-methyl/N-ethyl adjacent to an activating group) is 2. The van der Waals surface area contributed by atoms with E-state index in [0.717, 1.165) is 51.4 Å².